The summed E-state index contributed by atoms with van der Waals surface area (Å²) < 4.78 is 0.206. The van der Waals surface area contributed by atoms with Crippen LogP contribution in [-0.2, 0) is 14.4 Å². The molecule has 42 heavy (non-hydrogen) atoms. The molecular formula is C35H66NO6+. The first-order valence-corrected chi connectivity index (χ1v) is 17.2. The average molecular weight is 597 g/mol. The van der Waals surface area contributed by atoms with Crippen molar-refractivity contribution in [3.63, 3.8) is 0 Å². The molecule has 7 heteroatoms. The quantitative estimate of drug-likeness (QED) is 0.0433. The molecule has 246 valence electrons. The van der Waals surface area contributed by atoms with Gasteiger partial charge in [-0.05, 0) is 52.9 Å². The number of hydrogen-bond donors (Lipinski definition) is 3. The van der Waals surface area contributed by atoms with Gasteiger partial charge in [0, 0.05) is 0 Å². The normalized spacial score (nSPS) is 15.3. The largest absolute Gasteiger partial charge is 0.481 e. The van der Waals surface area contributed by atoms with Crippen molar-refractivity contribution in [1.29, 1.82) is 0 Å². The van der Waals surface area contributed by atoms with Crippen LogP contribution in [0.25, 0.3) is 0 Å². The van der Waals surface area contributed by atoms with Crippen LogP contribution in [0.1, 0.15) is 150 Å². The van der Waals surface area contributed by atoms with E-state index < -0.39 is 35.7 Å². The molecule has 0 aliphatic carbocycles. The van der Waals surface area contributed by atoms with Gasteiger partial charge < -0.3 is 19.8 Å². The van der Waals surface area contributed by atoms with Crippen molar-refractivity contribution in [3.05, 3.63) is 12.2 Å². The third-order valence-electron chi connectivity index (χ3n) is 8.64. The maximum atomic E-state index is 11.6. The number of allylic oxidation sites excluding steroid dienone is 2. The molecule has 3 N–H and O–H groups in total. The lowest BCUT2D eigenvalue weighted by Gasteiger charge is -2.42. The van der Waals surface area contributed by atoms with Gasteiger partial charge in [0.05, 0.1) is 26.2 Å². The van der Waals surface area contributed by atoms with Crippen LogP contribution in [0.5, 0.6) is 0 Å². The molecule has 0 amide bonds. The van der Waals surface area contributed by atoms with Crippen molar-refractivity contribution < 1.29 is 34.2 Å². The molecule has 0 radical (unpaired) electrons. The van der Waals surface area contributed by atoms with E-state index in [9.17, 15) is 29.7 Å². The first kappa shape index (κ1) is 40.1. The molecule has 0 aromatic rings. The highest BCUT2D eigenvalue weighted by Crippen LogP contribution is 2.22. The monoisotopic (exact) mass is 596 g/mol. The van der Waals surface area contributed by atoms with Crippen molar-refractivity contribution in [2.24, 2.45) is 17.8 Å². The van der Waals surface area contributed by atoms with Crippen LogP contribution in [-0.4, -0.2) is 63.9 Å². The highest BCUT2D eigenvalue weighted by atomic mass is 16.4. The standard InChI is InChI=1S/C35H65NO6/c1-5-6-7-8-9-10-11-12-13-14-15-16-17-18-19-20-21-22-23-24-25-26-36(27-30(2)33(37)38,28-31(3)34(39)40)29-32(4)35(41)42/h21-22,30-32H,5-20,23-29H2,1-4H3,(H2-,37,38,39,40,41,42)/p+1/b22-21+. The third kappa shape index (κ3) is 21.8. The summed E-state index contributed by atoms with van der Waals surface area (Å²) in [6.07, 6.45) is 28.8. The summed E-state index contributed by atoms with van der Waals surface area (Å²) in [5.41, 5.74) is 0. The van der Waals surface area contributed by atoms with Crippen LogP contribution in [0.2, 0.25) is 0 Å². The van der Waals surface area contributed by atoms with E-state index in [2.05, 4.69) is 19.1 Å². The van der Waals surface area contributed by atoms with Crippen molar-refractivity contribution in [1.82, 2.24) is 0 Å². The third-order valence-corrected chi connectivity index (χ3v) is 8.64. The van der Waals surface area contributed by atoms with Crippen LogP contribution in [0.4, 0.5) is 0 Å². The SMILES string of the molecule is CCCCCCCCCCCCCCCCC/C=C/CCCC[N+](CC(C)C(=O)O)(CC(C)C(=O)O)CC(C)C(=O)O. The minimum atomic E-state index is -0.940. The summed E-state index contributed by atoms with van der Waals surface area (Å²) >= 11 is 0. The second kappa shape index (κ2) is 25.6. The Bertz CT molecular complexity index is 682. The fraction of sp³-hybridized carbons (Fsp3) is 0.857. The van der Waals surface area contributed by atoms with E-state index in [1.807, 2.05) is 0 Å². The maximum absolute atomic E-state index is 11.6. The highest BCUT2D eigenvalue weighted by molar-refractivity contribution is 5.70. The topological polar surface area (TPSA) is 112 Å². The minimum Gasteiger partial charge on any atom is -0.481 e. The molecule has 0 rings (SSSR count). The molecule has 0 aromatic heterocycles. The predicted molar refractivity (Wildman–Crippen MR) is 173 cm³/mol. The molecule has 0 heterocycles. The zero-order valence-corrected chi connectivity index (χ0v) is 27.7. The first-order chi connectivity index (χ1) is 20.0. The summed E-state index contributed by atoms with van der Waals surface area (Å²) in [7, 11) is 0. The molecule has 0 saturated heterocycles. The molecule has 0 saturated carbocycles. The van der Waals surface area contributed by atoms with E-state index in [-0.39, 0.29) is 24.1 Å². The molecule has 3 atom stereocenters. The molecule has 0 aromatic carbocycles. The molecule has 7 nitrogen and oxygen atoms in total. The Morgan fingerprint density at radius 1 is 0.500 bits per heavy atom. The Labute approximate surface area is 257 Å². The van der Waals surface area contributed by atoms with Gasteiger partial charge in [-0.25, -0.2) is 0 Å². The van der Waals surface area contributed by atoms with Crippen LogP contribution in [0, 0.1) is 17.8 Å². The number of carbonyl (C=O) groups is 3. The summed E-state index contributed by atoms with van der Waals surface area (Å²) in [5, 5.41) is 28.6. The lowest BCUT2D eigenvalue weighted by atomic mass is 10.0. The van der Waals surface area contributed by atoms with Crippen molar-refractivity contribution >= 4 is 17.9 Å². The first-order valence-electron chi connectivity index (χ1n) is 17.2. The minimum absolute atomic E-state index is 0.206. The van der Waals surface area contributed by atoms with Gasteiger partial charge in [0.1, 0.15) is 17.8 Å². The van der Waals surface area contributed by atoms with E-state index in [1.165, 1.54) is 96.3 Å². The molecule has 0 aliphatic rings. The predicted octanol–water partition coefficient (Wildman–Crippen LogP) is 8.95. The fourth-order valence-electron chi connectivity index (χ4n) is 6.05. The average Bonchev–Trinajstić information content (AvgIpc) is 2.93. The Hall–Kier alpha value is -1.89. The van der Waals surface area contributed by atoms with Crippen molar-refractivity contribution in [3.8, 4) is 0 Å². The van der Waals surface area contributed by atoms with Crippen molar-refractivity contribution in [2.45, 2.75) is 150 Å². The summed E-state index contributed by atoms with van der Waals surface area (Å²) in [6.45, 7) is 8.42. The lowest BCUT2D eigenvalue weighted by Crippen LogP contribution is -2.57. The van der Waals surface area contributed by atoms with E-state index in [0.717, 1.165) is 25.7 Å². The number of carboxylic acids is 3. The van der Waals surface area contributed by atoms with Gasteiger partial charge >= 0.3 is 17.9 Å². The number of rotatable bonds is 30. The van der Waals surface area contributed by atoms with Crippen LogP contribution < -0.4 is 0 Å². The molecule has 0 spiro atoms. The smallest absolute Gasteiger partial charge is 0.311 e. The van der Waals surface area contributed by atoms with E-state index in [4.69, 9.17) is 0 Å². The maximum Gasteiger partial charge on any atom is 0.311 e. The van der Waals surface area contributed by atoms with Gasteiger partial charge in [0.15, 0.2) is 0 Å². The van der Waals surface area contributed by atoms with E-state index in [0.29, 0.717) is 6.54 Å². The van der Waals surface area contributed by atoms with Gasteiger partial charge in [0.2, 0.25) is 0 Å². The zero-order chi connectivity index (χ0) is 31.6. The van der Waals surface area contributed by atoms with Crippen LogP contribution in [0.15, 0.2) is 12.2 Å². The molecule has 0 fully saturated rings. The second-order valence-electron chi connectivity index (χ2n) is 13.0. The Balaban J connectivity index is 4.25. The van der Waals surface area contributed by atoms with E-state index >= 15 is 0 Å². The second-order valence-corrected chi connectivity index (χ2v) is 13.0. The van der Waals surface area contributed by atoms with Crippen molar-refractivity contribution in [2.75, 3.05) is 26.2 Å². The number of quaternary nitrogens is 1. The fourth-order valence-corrected chi connectivity index (χ4v) is 6.05. The van der Waals surface area contributed by atoms with Gasteiger partial charge in [-0.3, -0.25) is 14.4 Å². The molecule has 0 aliphatic heterocycles. The molecule has 3 unspecified atom stereocenters. The summed E-state index contributed by atoms with van der Waals surface area (Å²) in [4.78, 5) is 34.9. The van der Waals surface area contributed by atoms with Gasteiger partial charge in [-0.15, -0.1) is 0 Å². The number of carboxylic acid groups (broad SMARTS) is 3. The van der Waals surface area contributed by atoms with E-state index in [1.54, 1.807) is 20.8 Å². The van der Waals surface area contributed by atoms with Crippen LogP contribution in [0.3, 0.4) is 0 Å². The Kier molecular flexibility index (Phi) is 24.4. The Morgan fingerprint density at radius 3 is 1.10 bits per heavy atom. The lowest BCUT2D eigenvalue weighted by molar-refractivity contribution is -0.934. The number of unbranched alkanes of at least 4 members (excludes halogenated alkanes) is 17. The number of nitrogens with zero attached hydrogens (tertiary/aromatic N) is 1. The molecular weight excluding hydrogens is 530 g/mol. The van der Waals surface area contributed by atoms with Gasteiger partial charge in [0.25, 0.3) is 0 Å². The Morgan fingerprint density at radius 2 is 0.786 bits per heavy atom. The van der Waals surface area contributed by atoms with Gasteiger partial charge in [-0.2, -0.15) is 0 Å². The highest BCUT2D eigenvalue weighted by Gasteiger charge is 2.38. The number of aliphatic carboxylic acids is 3. The summed E-state index contributed by atoms with van der Waals surface area (Å²) in [5.74, 6) is -4.86. The zero-order valence-electron chi connectivity index (χ0n) is 27.7. The number of hydrogen-bond acceptors (Lipinski definition) is 3. The van der Waals surface area contributed by atoms with Crippen LogP contribution >= 0.6 is 0 Å². The summed E-state index contributed by atoms with van der Waals surface area (Å²) in [6, 6.07) is 0. The molecule has 0 bridgehead atoms. The van der Waals surface area contributed by atoms with Gasteiger partial charge in [-0.1, -0.05) is 109 Å².